The second-order valence-corrected chi connectivity index (χ2v) is 5.73. The van der Waals surface area contributed by atoms with E-state index in [1.807, 2.05) is 19.9 Å². The minimum Gasteiger partial charge on any atom is -0.397 e. The van der Waals surface area contributed by atoms with Gasteiger partial charge in [0.15, 0.2) is 5.78 Å². The molecule has 0 saturated carbocycles. The van der Waals surface area contributed by atoms with Crippen LogP contribution >= 0.6 is 0 Å². The summed E-state index contributed by atoms with van der Waals surface area (Å²) in [5, 5.41) is 11.9. The number of aliphatic hydroxyl groups is 1. The minimum absolute atomic E-state index is 0.0236. The van der Waals surface area contributed by atoms with Gasteiger partial charge in [-0.3, -0.25) is 19.6 Å². The van der Waals surface area contributed by atoms with Crippen LogP contribution in [0.5, 0.6) is 0 Å². The summed E-state index contributed by atoms with van der Waals surface area (Å²) in [6.45, 7) is 5.68. The van der Waals surface area contributed by atoms with Crippen molar-refractivity contribution in [1.29, 1.82) is 0 Å². The highest BCUT2D eigenvalue weighted by Crippen LogP contribution is 2.25. The fourth-order valence-electron chi connectivity index (χ4n) is 2.48. The van der Waals surface area contributed by atoms with E-state index in [0.717, 1.165) is 27.6 Å². The number of pyridine rings is 3. The number of rotatable bonds is 5. The van der Waals surface area contributed by atoms with Crippen LogP contribution in [0.2, 0.25) is 0 Å². The molecule has 3 rings (SSSR count). The summed E-state index contributed by atoms with van der Waals surface area (Å²) in [7, 11) is 0. The number of carbonyl (C=O) groups is 2. The molecule has 1 amide bonds. The van der Waals surface area contributed by atoms with Crippen LogP contribution in [-0.2, 0) is 4.79 Å². The zero-order chi connectivity index (χ0) is 19.8. The predicted molar refractivity (Wildman–Crippen MR) is 105 cm³/mol. The summed E-state index contributed by atoms with van der Waals surface area (Å²) in [6.07, 6.45) is 6.12. The molecule has 2 N–H and O–H groups in total. The fraction of sp³-hybridized carbons (Fsp3) is 0.250. The Morgan fingerprint density at radius 1 is 1.07 bits per heavy atom. The number of nitrogens with one attached hydrogen (secondary N) is 1. The Morgan fingerprint density at radius 2 is 1.74 bits per heavy atom. The van der Waals surface area contributed by atoms with Crippen LogP contribution in [0.1, 0.15) is 36.3 Å². The molecule has 0 radical (unpaired) electrons. The van der Waals surface area contributed by atoms with Gasteiger partial charge in [0, 0.05) is 48.0 Å². The van der Waals surface area contributed by atoms with Crippen LogP contribution in [0.25, 0.3) is 22.0 Å². The van der Waals surface area contributed by atoms with E-state index in [-0.39, 0.29) is 12.4 Å². The molecule has 7 heteroatoms. The van der Waals surface area contributed by atoms with Crippen LogP contribution in [0.15, 0.2) is 36.8 Å². The first-order chi connectivity index (χ1) is 13.0. The lowest BCUT2D eigenvalue weighted by Gasteiger charge is -2.08. The van der Waals surface area contributed by atoms with Gasteiger partial charge in [-0.05, 0) is 37.6 Å². The largest absolute Gasteiger partial charge is 0.397 e. The minimum atomic E-state index is 0.0236. The standard InChI is InChI=1S/C18H16N4O2.C2H6O/c1-3-17(24)16-4-11(2)14(9-20-16)15-5-12-8-21-18(22-10-23)6-13(12)7-19-15;1-2-3/h4-10H,3H2,1-2H3,(H,21,22,23);3H,2H2,1H3. The first kappa shape index (κ1) is 20.1. The molecule has 0 atom stereocenters. The van der Waals surface area contributed by atoms with Crippen LogP contribution in [0.4, 0.5) is 5.82 Å². The number of nitrogens with zero attached hydrogens (tertiary/aromatic N) is 3. The maximum atomic E-state index is 11.8. The van der Waals surface area contributed by atoms with E-state index in [4.69, 9.17) is 5.11 Å². The number of carbonyl (C=O) groups excluding carboxylic acids is 2. The Bertz CT molecular complexity index is 957. The number of anilines is 1. The molecule has 3 aromatic rings. The first-order valence-electron chi connectivity index (χ1n) is 8.61. The van der Waals surface area contributed by atoms with E-state index in [1.54, 1.807) is 37.6 Å². The molecule has 0 fully saturated rings. The average molecular weight is 366 g/mol. The van der Waals surface area contributed by atoms with Gasteiger partial charge in [0.1, 0.15) is 11.5 Å². The topological polar surface area (TPSA) is 105 Å². The monoisotopic (exact) mass is 366 g/mol. The van der Waals surface area contributed by atoms with E-state index in [1.165, 1.54) is 0 Å². The molecule has 140 valence electrons. The number of hydrogen-bond donors (Lipinski definition) is 2. The Hall–Kier alpha value is -3.19. The van der Waals surface area contributed by atoms with Crippen molar-refractivity contribution in [2.75, 3.05) is 11.9 Å². The summed E-state index contributed by atoms with van der Waals surface area (Å²) in [4.78, 5) is 35.1. The molecule has 0 aliphatic heterocycles. The van der Waals surface area contributed by atoms with Gasteiger partial charge in [-0.15, -0.1) is 0 Å². The van der Waals surface area contributed by atoms with Gasteiger partial charge in [0.05, 0.1) is 5.69 Å². The molecule has 0 saturated heterocycles. The van der Waals surface area contributed by atoms with Crippen LogP contribution in [-0.4, -0.2) is 38.9 Å². The van der Waals surface area contributed by atoms with Gasteiger partial charge in [0.25, 0.3) is 0 Å². The molecule has 7 nitrogen and oxygen atoms in total. The third-order valence-corrected chi connectivity index (χ3v) is 3.80. The molecule has 0 bridgehead atoms. The van der Waals surface area contributed by atoms with Gasteiger partial charge in [-0.25, -0.2) is 4.98 Å². The normalized spacial score (nSPS) is 10.1. The number of hydrogen-bond acceptors (Lipinski definition) is 6. The van der Waals surface area contributed by atoms with Crippen molar-refractivity contribution in [3.8, 4) is 11.3 Å². The number of ketones is 1. The van der Waals surface area contributed by atoms with Crippen molar-refractivity contribution < 1.29 is 14.7 Å². The highest BCUT2D eigenvalue weighted by molar-refractivity contribution is 5.94. The van der Waals surface area contributed by atoms with Crippen LogP contribution < -0.4 is 5.32 Å². The molecule has 0 aliphatic rings. The van der Waals surface area contributed by atoms with Crippen LogP contribution in [0.3, 0.4) is 0 Å². The smallest absolute Gasteiger partial charge is 0.212 e. The quantitative estimate of drug-likeness (QED) is 0.531. The van der Waals surface area contributed by atoms with Crippen molar-refractivity contribution in [1.82, 2.24) is 15.0 Å². The lowest BCUT2D eigenvalue weighted by molar-refractivity contribution is -0.105. The van der Waals surface area contributed by atoms with E-state index < -0.39 is 0 Å². The van der Waals surface area contributed by atoms with E-state index in [9.17, 15) is 9.59 Å². The summed E-state index contributed by atoms with van der Waals surface area (Å²) in [5.41, 5.74) is 3.06. The summed E-state index contributed by atoms with van der Waals surface area (Å²) < 4.78 is 0. The maximum absolute atomic E-state index is 11.8. The zero-order valence-corrected chi connectivity index (χ0v) is 15.6. The Morgan fingerprint density at radius 3 is 2.37 bits per heavy atom. The molecular formula is C20H22N4O3. The van der Waals surface area contributed by atoms with E-state index >= 15 is 0 Å². The van der Waals surface area contributed by atoms with Crippen molar-refractivity contribution in [3.63, 3.8) is 0 Å². The summed E-state index contributed by atoms with van der Waals surface area (Å²) >= 11 is 0. The Kier molecular flexibility index (Phi) is 7.08. The number of fused-ring (bicyclic) bond motifs is 1. The van der Waals surface area contributed by atoms with Gasteiger partial charge < -0.3 is 10.4 Å². The number of aryl methyl sites for hydroxylation is 1. The predicted octanol–water partition coefficient (Wildman–Crippen LogP) is 3.16. The average Bonchev–Trinajstić information content (AvgIpc) is 2.68. The van der Waals surface area contributed by atoms with Crippen molar-refractivity contribution in [3.05, 3.63) is 48.0 Å². The lowest BCUT2D eigenvalue weighted by atomic mass is 10.0. The number of aromatic nitrogens is 3. The number of Topliss-reactive ketones (excluding diaryl/α,β-unsaturated/α-hetero) is 1. The van der Waals surface area contributed by atoms with Crippen molar-refractivity contribution in [2.45, 2.75) is 27.2 Å². The highest BCUT2D eigenvalue weighted by Gasteiger charge is 2.10. The third kappa shape index (κ3) is 4.92. The van der Waals surface area contributed by atoms with Crippen molar-refractivity contribution in [2.24, 2.45) is 0 Å². The molecule has 3 heterocycles. The molecule has 0 unspecified atom stereocenters. The SMILES string of the molecule is CCC(=O)c1cc(C)c(-c2cc3cnc(NC=O)cc3cn2)cn1.CCO. The molecule has 0 aromatic carbocycles. The Labute approximate surface area is 157 Å². The lowest BCUT2D eigenvalue weighted by Crippen LogP contribution is -2.02. The molecular weight excluding hydrogens is 344 g/mol. The molecule has 27 heavy (non-hydrogen) atoms. The second-order valence-electron chi connectivity index (χ2n) is 5.73. The first-order valence-corrected chi connectivity index (χ1v) is 8.61. The van der Waals surface area contributed by atoms with E-state index in [2.05, 4.69) is 20.3 Å². The second kappa shape index (κ2) is 9.49. The molecule has 0 spiro atoms. The fourth-order valence-corrected chi connectivity index (χ4v) is 2.48. The maximum Gasteiger partial charge on any atom is 0.212 e. The summed E-state index contributed by atoms with van der Waals surface area (Å²) in [6, 6.07) is 5.47. The summed E-state index contributed by atoms with van der Waals surface area (Å²) in [5.74, 6) is 0.503. The van der Waals surface area contributed by atoms with Gasteiger partial charge in [0.2, 0.25) is 6.41 Å². The Balaban J connectivity index is 0.000000817. The van der Waals surface area contributed by atoms with Crippen molar-refractivity contribution >= 4 is 28.8 Å². The highest BCUT2D eigenvalue weighted by atomic mass is 16.2. The molecule has 3 aromatic heterocycles. The zero-order valence-electron chi connectivity index (χ0n) is 15.6. The van der Waals surface area contributed by atoms with Gasteiger partial charge in [-0.2, -0.15) is 0 Å². The van der Waals surface area contributed by atoms with Gasteiger partial charge in [-0.1, -0.05) is 6.92 Å². The number of aliphatic hydroxyl groups excluding tert-OH is 1. The van der Waals surface area contributed by atoms with Crippen LogP contribution in [0, 0.1) is 6.92 Å². The molecule has 0 aliphatic carbocycles. The van der Waals surface area contributed by atoms with E-state index in [0.29, 0.717) is 24.3 Å². The third-order valence-electron chi connectivity index (χ3n) is 3.80. The van der Waals surface area contributed by atoms with Gasteiger partial charge >= 0.3 is 0 Å². The number of amides is 1.